The Morgan fingerprint density at radius 2 is 2.32 bits per heavy atom. The second kappa shape index (κ2) is 5.39. The first-order chi connectivity index (χ1) is 10.9. The van der Waals surface area contributed by atoms with E-state index in [1.54, 1.807) is 0 Å². The van der Waals surface area contributed by atoms with E-state index in [2.05, 4.69) is 38.1 Å². The monoisotopic (exact) mass is 291 g/mol. The topological polar surface area (TPSA) is 68.6 Å². The van der Waals surface area contributed by atoms with Gasteiger partial charge in [-0.05, 0) is 36.6 Å². The number of pyridine rings is 2. The zero-order valence-electron chi connectivity index (χ0n) is 12.3. The zero-order chi connectivity index (χ0) is 14.9. The second-order valence-corrected chi connectivity index (χ2v) is 5.85. The van der Waals surface area contributed by atoms with Crippen LogP contribution in [0.15, 0.2) is 30.7 Å². The summed E-state index contributed by atoms with van der Waals surface area (Å²) < 4.78 is 0. The first kappa shape index (κ1) is 13.2. The van der Waals surface area contributed by atoms with Gasteiger partial charge < -0.3 is 9.88 Å². The van der Waals surface area contributed by atoms with Crippen molar-refractivity contribution in [2.24, 2.45) is 0 Å². The van der Waals surface area contributed by atoms with Crippen LogP contribution in [0.1, 0.15) is 24.3 Å². The minimum atomic E-state index is 0.504. The van der Waals surface area contributed by atoms with Gasteiger partial charge in [-0.3, -0.25) is 4.98 Å². The molecule has 0 bridgehead atoms. The number of nitrogens with zero attached hydrogens (tertiary/aromatic N) is 4. The molecule has 1 N–H and O–H groups in total. The summed E-state index contributed by atoms with van der Waals surface area (Å²) in [5, 5.41) is 11.1. The molecule has 0 aromatic carbocycles. The SMILES string of the molecule is N#CCCN1CCC(c2ccnc3cnc4[nH]ccc4c23)C1. The lowest BCUT2D eigenvalue weighted by Gasteiger charge is -2.16. The maximum atomic E-state index is 8.75. The number of likely N-dealkylation sites (tertiary alicyclic amines) is 1. The molecule has 1 atom stereocenters. The summed E-state index contributed by atoms with van der Waals surface area (Å²) >= 11 is 0. The summed E-state index contributed by atoms with van der Waals surface area (Å²) in [6, 6.07) is 6.46. The van der Waals surface area contributed by atoms with Crippen molar-refractivity contribution in [3.63, 3.8) is 0 Å². The maximum Gasteiger partial charge on any atom is 0.137 e. The molecule has 5 nitrogen and oxygen atoms in total. The van der Waals surface area contributed by atoms with Crippen LogP contribution < -0.4 is 0 Å². The highest BCUT2D eigenvalue weighted by molar-refractivity contribution is 6.05. The third kappa shape index (κ3) is 2.13. The van der Waals surface area contributed by atoms with Crippen molar-refractivity contribution >= 4 is 21.9 Å². The first-order valence-corrected chi connectivity index (χ1v) is 7.67. The Hall–Kier alpha value is -2.45. The number of hydrogen-bond donors (Lipinski definition) is 1. The minimum absolute atomic E-state index is 0.504. The maximum absolute atomic E-state index is 8.75. The normalized spacial score (nSPS) is 19.0. The van der Waals surface area contributed by atoms with Crippen LogP contribution in [0, 0.1) is 11.3 Å². The Bertz CT molecular complexity index is 860. The summed E-state index contributed by atoms with van der Waals surface area (Å²) in [7, 11) is 0. The summed E-state index contributed by atoms with van der Waals surface area (Å²) in [5.74, 6) is 0.504. The van der Waals surface area contributed by atoms with E-state index in [-0.39, 0.29) is 0 Å². The molecular formula is C17H17N5. The number of fused-ring (bicyclic) bond motifs is 3. The molecular weight excluding hydrogens is 274 g/mol. The molecule has 0 spiro atoms. The standard InChI is InChI=1S/C17H17N5/c18-5-1-8-22-9-4-12(11-22)13-2-6-19-15-10-21-17-14(16(13)15)3-7-20-17/h2-3,6-7,10,12H,1,4,8-9,11H2,(H,20,21). The van der Waals surface area contributed by atoms with Gasteiger partial charge in [0.05, 0.1) is 17.8 Å². The number of H-pyrrole nitrogens is 1. The van der Waals surface area contributed by atoms with E-state index < -0.39 is 0 Å². The van der Waals surface area contributed by atoms with E-state index in [1.165, 1.54) is 10.9 Å². The van der Waals surface area contributed by atoms with E-state index in [9.17, 15) is 0 Å². The largest absolute Gasteiger partial charge is 0.346 e. The van der Waals surface area contributed by atoms with Gasteiger partial charge in [0.2, 0.25) is 0 Å². The molecule has 110 valence electrons. The Kier molecular flexibility index (Phi) is 3.24. The average Bonchev–Trinajstić information content (AvgIpc) is 3.21. The molecule has 1 aliphatic rings. The molecule has 4 rings (SSSR count). The molecule has 1 aliphatic heterocycles. The number of aromatic amines is 1. The van der Waals surface area contributed by atoms with Crippen molar-refractivity contribution in [3.05, 3.63) is 36.3 Å². The molecule has 3 aromatic rings. The van der Waals surface area contributed by atoms with Gasteiger partial charge in [0.1, 0.15) is 5.65 Å². The van der Waals surface area contributed by atoms with E-state index in [0.29, 0.717) is 12.3 Å². The highest BCUT2D eigenvalue weighted by Gasteiger charge is 2.25. The highest BCUT2D eigenvalue weighted by Crippen LogP contribution is 2.34. The molecule has 0 radical (unpaired) electrons. The van der Waals surface area contributed by atoms with Crippen molar-refractivity contribution in [1.29, 1.82) is 5.26 Å². The van der Waals surface area contributed by atoms with Crippen LogP contribution >= 0.6 is 0 Å². The Labute approximate surface area is 128 Å². The van der Waals surface area contributed by atoms with E-state index in [4.69, 9.17) is 5.26 Å². The lowest BCUT2D eigenvalue weighted by Crippen LogP contribution is -2.21. The molecule has 1 saturated heterocycles. The van der Waals surface area contributed by atoms with Crippen molar-refractivity contribution in [2.75, 3.05) is 19.6 Å². The van der Waals surface area contributed by atoms with E-state index in [0.717, 1.165) is 42.6 Å². The van der Waals surface area contributed by atoms with Gasteiger partial charge in [-0.1, -0.05) is 0 Å². The second-order valence-electron chi connectivity index (χ2n) is 5.85. The smallest absolute Gasteiger partial charge is 0.137 e. The third-order valence-corrected chi connectivity index (χ3v) is 4.58. The molecule has 1 fully saturated rings. The quantitative estimate of drug-likeness (QED) is 0.805. The van der Waals surface area contributed by atoms with Gasteiger partial charge in [-0.15, -0.1) is 0 Å². The van der Waals surface area contributed by atoms with E-state index in [1.807, 2.05) is 18.6 Å². The lowest BCUT2D eigenvalue weighted by molar-refractivity contribution is 0.343. The zero-order valence-corrected chi connectivity index (χ0v) is 12.3. The van der Waals surface area contributed by atoms with Crippen LogP contribution in [0.3, 0.4) is 0 Å². The summed E-state index contributed by atoms with van der Waals surface area (Å²) in [6.07, 6.45) is 7.41. The van der Waals surface area contributed by atoms with Crippen LogP contribution in [0.2, 0.25) is 0 Å². The van der Waals surface area contributed by atoms with Gasteiger partial charge in [0.15, 0.2) is 0 Å². The fourth-order valence-electron chi connectivity index (χ4n) is 3.52. The van der Waals surface area contributed by atoms with Gasteiger partial charge in [0, 0.05) is 42.7 Å². The van der Waals surface area contributed by atoms with Crippen molar-refractivity contribution in [1.82, 2.24) is 19.9 Å². The van der Waals surface area contributed by atoms with Crippen LogP contribution in [-0.4, -0.2) is 39.5 Å². The average molecular weight is 291 g/mol. The fourth-order valence-corrected chi connectivity index (χ4v) is 3.52. The van der Waals surface area contributed by atoms with Gasteiger partial charge in [0.25, 0.3) is 0 Å². The van der Waals surface area contributed by atoms with Gasteiger partial charge in [-0.25, -0.2) is 4.98 Å². The molecule has 1 unspecified atom stereocenters. The van der Waals surface area contributed by atoms with Gasteiger partial charge >= 0.3 is 0 Å². The Morgan fingerprint density at radius 1 is 1.36 bits per heavy atom. The van der Waals surface area contributed by atoms with Crippen molar-refractivity contribution < 1.29 is 0 Å². The lowest BCUT2D eigenvalue weighted by atomic mass is 9.94. The first-order valence-electron chi connectivity index (χ1n) is 7.67. The molecule has 4 heterocycles. The number of nitriles is 1. The van der Waals surface area contributed by atoms with E-state index >= 15 is 0 Å². The predicted octanol–water partition coefficient (Wildman–Crippen LogP) is 2.81. The number of rotatable bonds is 3. The fraction of sp³-hybridized carbons (Fsp3) is 0.353. The Morgan fingerprint density at radius 3 is 3.23 bits per heavy atom. The third-order valence-electron chi connectivity index (χ3n) is 4.58. The van der Waals surface area contributed by atoms with Crippen molar-refractivity contribution in [2.45, 2.75) is 18.8 Å². The molecule has 0 saturated carbocycles. The van der Waals surface area contributed by atoms with Crippen LogP contribution in [0.4, 0.5) is 0 Å². The summed E-state index contributed by atoms with van der Waals surface area (Å²) in [6.45, 7) is 2.96. The van der Waals surface area contributed by atoms with Gasteiger partial charge in [-0.2, -0.15) is 5.26 Å². The van der Waals surface area contributed by atoms with Crippen molar-refractivity contribution in [3.8, 4) is 6.07 Å². The molecule has 22 heavy (non-hydrogen) atoms. The molecule has 3 aromatic heterocycles. The Balaban J connectivity index is 1.76. The van der Waals surface area contributed by atoms with Crippen LogP contribution in [0.25, 0.3) is 21.9 Å². The summed E-state index contributed by atoms with van der Waals surface area (Å²) in [4.78, 5) is 14.5. The predicted molar refractivity (Wildman–Crippen MR) is 85.4 cm³/mol. The minimum Gasteiger partial charge on any atom is -0.346 e. The molecule has 0 aliphatic carbocycles. The molecule has 0 amide bonds. The summed E-state index contributed by atoms with van der Waals surface area (Å²) in [5.41, 5.74) is 3.23. The van der Waals surface area contributed by atoms with Crippen LogP contribution in [-0.2, 0) is 0 Å². The van der Waals surface area contributed by atoms with Crippen LogP contribution in [0.5, 0.6) is 0 Å². The number of hydrogen-bond acceptors (Lipinski definition) is 4. The number of aromatic nitrogens is 3. The molecule has 5 heteroatoms. The number of nitrogens with one attached hydrogen (secondary N) is 1. The highest BCUT2D eigenvalue weighted by atomic mass is 15.1.